The van der Waals surface area contributed by atoms with Crippen LogP contribution < -0.4 is 5.32 Å². The first-order chi connectivity index (χ1) is 5.57. The van der Waals surface area contributed by atoms with Crippen LogP contribution in [0.2, 0.25) is 0 Å². The van der Waals surface area contributed by atoms with E-state index in [1.165, 1.54) is 6.92 Å². The largest absolute Gasteiger partial charge is 0.475 e. The molecular formula is C7H16BNO3. The Hall–Kier alpha value is -0.545. The van der Waals surface area contributed by atoms with Crippen LogP contribution in [0.5, 0.6) is 0 Å². The molecular weight excluding hydrogens is 157 g/mol. The van der Waals surface area contributed by atoms with E-state index in [-0.39, 0.29) is 5.91 Å². The van der Waals surface area contributed by atoms with E-state index in [2.05, 4.69) is 5.32 Å². The highest BCUT2D eigenvalue weighted by Gasteiger charge is 2.22. The summed E-state index contributed by atoms with van der Waals surface area (Å²) < 4.78 is 0. The Kier molecular flexibility index (Phi) is 5.75. The van der Waals surface area contributed by atoms with Crippen molar-refractivity contribution >= 4 is 13.0 Å². The quantitative estimate of drug-likeness (QED) is 0.499. The van der Waals surface area contributed by atoms with E-state index in [1.54, 1.807) is 0 Å². The van der Waals surface area contributed by atoms with Gasteiger partial charge >= 0.3 is 7.12 Å². The third-order valence-corrected chi connectivity index (χ3v) is 1.62. The fourth-order valence-electron chi connectivity index (χ4n) is 0.981. The summed E-state index contributed by atoms with van der Waals surface area (Å²) in [5.74, 6) is -0.758. The van der Waals surface area contributed by atoms with Gasteiger partial charge in [0.25, 0.3) is 0 Å². The van der Waals surface area contributed by atoms with Gasteiger partial charge in [-0.3, -0.25) is 4.79 Å². The molecule has 0 aliphatic carbocycles. The van der Waals surface area contributed by atoms with Gasteiger partial charge in [-0.25, -0.2) is 0 Å². The van der Waals surface area contributed by atoms with Gasteiger partial charge in [-0.1, -0.05) is 19.8 Å². The maximum atomic E-state index is 10.6. The lowest BCUT2D eigenvalue weighted by Crippen LogP contribution is -2.45. The van der Waals surface area contributed by atoms with E-state index >= 15 is 0 Å². The summed E-state index contributed by atoms with van der Waals surface area (Å²) in [4.78, 5) is 10.6. The van der Waals surface area contributed by atoms with Crippen molar-refractivity contribution < 1.29 is 14.8 Å². The van der Waals surface area contributed by atoms with Gasteiger partial charge in [-0.05, 0) is 6.42 Å². The number of carbonyl (C=O) groups is 1. The zero-order valence-electron chi connectivity index (χ0n) is 7.58. The van der Waals surface area contributed by atoms with E-state index < -0.39 is 13.1 Å². The molecule has 0 aromatic carbocycles. The lowest BCUT2D eigenvalue weighted by molar-refractivity contribution is -0.119. The molecule has 0 aromatic heterocycles. The molecule has 1 amide bonds. The number of nitrogens with one attached hydrogen (secondary N) is 1. The van der Waals surface area contributed by atoms with Crippen molar-refractivity contribution in [3.63, 3.8) is 0 Å². The lowest BCUT2D eigenvalue weighted by atomic mass is 9.76. The van der Waals surface area contributed by atoms with Crippen LogP contribution in [-0.2, 0) is 4.79 Å². The van der Waals surface area contributed by atoms with Gasteiger partial charge in [0.05, 0.1) is 5.94 Å². The Balaban J connectivity index is 3.78. The van der Waals surface area contributed by atoms with Crippen molar-refractivity contribution in [3.8, 4) is 0 Å². The molecule has 0 fully saturated rings. The molecule has 5 heteroatoms. The molecule has 70 valence electrons. The third kappa shape index (κ3) is 5.15. The van der Waals surface area contributed by atoms with Crippen LogP contribution in [-0.4, -0.2) is 29.0 Å². The molecule has 0 spiro atoms. The second-order valence-corrected chi connectivity index (χ2v) is 2.86. The van der Waals surface area contributed by atoms with E-state index in [4.69, 9.17) is 10.0 Å². The number of hydrogen-bond donors (Lipinski definition) is 3. The molecule has 12 heavy (non-hydrogen) atoms. The molecule has 4 nitrogen and oxygen atoms in total. The highest BCUT2D eigenvalue weighted by Crippen LogP contribution is 2.01. The van der Waals surface area contributed by atoms with Crippen LogP contribution in [0, 0.1) is 0 Å². The molecule has 0 aliphatic rings. The number of hydrogen-bond acceptors (Lipinski definition) is 3. The fraction of sp³-hybridized carbons (Fsp3) is 0.857. The van der Waals surface area contributed by atoms with Crippen LogP contribution in [0.4, 0.5) is 0 Å². The van der Waals surface area contributed by atoms with Crippen LogP contribution >= 0.6 is 0 Å². The molecule has 0 aromatic rings. The number of unbranched alkanes of at least 4 members (excludes halogenated alkanes) is 1. The Bertz CT molecular complexity index is 141. The first-order valence-corrected chi connectivity index (χ1v) is 4.21. The summed E-state index contributed by atoms with van der Waals surface area (Å²) in [6, 6.07) is 0. The second kappa shape index (κ2) is 6.02. The highest BCUT2D eigenvalue weighted by atomic mass is 16.4. The Morgan fingerprint density at radius 3 is 2.50 bits per heavy atom. The van der Waals surface area contributed by atoms with E-state index in [0.29, 0.717) is 6.42 Å². The van der Waals surface area contributed by atoms with Crippen LogP contribution in [0.15, 0.2) is 0 Å². The maximum absolute atomic E-state index is 10.6. The zero-order chi connectivity index (χ0) is 9.56. The standard InChI is InChI=1S/C7H16BNO3/c1-3-4-5-7(8(11)12)9-6(2)10/h7,11-12H,3-5H2,1-2H3,(H,9,10)/t7-/m0/s1. The van der Waals surface area contributed by atoms with E-state index in [9.17, 15) is 4.79 Å². The predicted molar refractivity (Wildman–Crippen MR) is 47.3 cm³/mol. The van der Waals surface area contributed by atoms with Gasteiger partial charge < -0.3 is 15.4 Å². The molecule has 1 atom stereocenters. The normalized spacial score (nSPS) is 12.3. The fourth-order valence-corrected chi connectivity index (χ4v) is 0.981. The van der Waals surface area contributed by atoms with Crippen molar-refractivity contribution in [2.45, 2.75) is 39.1 Å². The Morgan fingerprint density at radius 1 is 1.58 bits per heavy atom. The smallest absolute Gasteiger partial charge is 0.426 e. The maximum Gasteiger partial charge on any atom is 0.475 e. The molecule has 0 aliphatic heterocycles. The van der Waals surface area contributed by atoms with Crippen LogP contribution in [0.25, 0.3) is 0 Å². The second-order valence-electron chi connectivity index (χ2n) is 2.86. The van der Waals surface area contributed by atoms with Crippen molar-refractivity contribution in [3.05, 3.63) is 0 Å². The van der Waals surface area contributed by atoms with E-state index in [1.807, 2.05) is 6.92 Å². The first kappa shape index (κ1) is 11.5. The van der Waals surface area contributed by atoms with Gasteiger partial charge in [0, 0.05) is 6.92 Å². The van der Waals surface area contributed by atoms with Gasteiger partial charge in [0.1, 0.15) is 0 Å². The molecule has 0 radical (unpaired) electrons. The summed E-state index contributed by atoms with van der Waals surface area (Å²) in [5, 5.41) is 20.1. The molecule has 0 bridgehead atoms. The van der Waals surface area contributed by atoms with Crippen molar-refractivity contribution in [1.29, 1.82) is 0 Å². The van der Waals surface area contributed by atoms with Crippen molar-refractivity contribution in [1.82, 2.24) is 5.32 Å². The third-order valence-electron chi connectivity index (χ3n) is 1.62. The van der Waals surface area contributed by atoms with Gasteiger partial charge in [0.2, 0.25) is 5.91 Å². The van der Waals surface area contributed by atoms with Crippen LogP contribution in [0.1, 0.15) is 33.1 Å². The average Bonchev–Trinajstić information content (AvgIpc) is 1.96. The number of amides is 1. The molecule has 0 saturated heterocycles. The lowest BCUT2D eigenvalue weighted by Gasteiger charge is -2.15. The molecule has 0 unspecified atom stereocenters. The summed E-state index contributed by atoms with van der Waals surface area (Å²) in [5.41, 5.74) is 0. The van der Waals surface area contributed by atoms with Crippen molar-refractivity contribution in [2.24, 2.45) is 0 Å². The molecule has 0 rings (SSSR count). The highest BCUT2D eigenvalue weighted by molar-refractivity contribution is 6.43. The van der Waals surface area contributed by atoms with Gasteiger partial charge in [-0.2, -0.15) is 0 Å². The number of carbonyl (C=O) groups excluding carboxylic acids is 1. The van der Waals surface area contributed by atoms with E-state index in [0.717, 1.165) is 12.8 Å². The monoisotopic (exact) mass is 173 g/mol. The summed E-state index contributed by atoms with van der Waals surface area (Å²) in [7, 11) is -1.46. The Labute approximate surface area is 73.1 Å². The zero-order valence-corrected chi connectivity index (χ0v) is 7.58. The predicted octanol–water partition coefficient (Wildman–Crippen LogP) is -0.307. The first-order valence-electron chi connectivity index (χ1n) is 4.21. The summed E-state index contributed by atoms with van der Waals surface area (Å²) in [6.07, 6.45) is 2.46. The summed E-state index contributed by atoms with van der Waals surface area (Å²) in [6.45, 7) is 3.37. The minimum atomic E-state index is -1.46. The SMILES string of the molecule is CCCC[C@H](NC(C)=O)B(O)O. The molecule has 0 saturated carbocycles. The topological polar surface area (TPSA) is 69.6 Å². The van der Waals surface area contributed by atoms with Gasteiger partial charge in [0.15, 0.2) is 0 Å². The minimum absolute atomic E-state index is 0.232. The summed E-state index contributed by atoms with van der Waals surface area (Å²) >= 11 is 0. The number of rotatable bonds is 5. The molecule has 3 N–H and O–H groups in total. The average molecular weight is 173 g/mol. The van der Waals surface area contributed by atoms with Crippen LogP contribution in [0.3, 0.4) is 0 Å². The Morgan fingerprint density at radius 2 is 2.17 bits per heavy atom. The van der Waals surface area contributed by atoms with Gasteiger partial charge in [-0.15, -0.1) is 0 Å². The molecule has 0 heterocycles. The minimum Gasteiger partial charge on any atom is -0.426 e. The van der Waals surface area contributed by atoms with Crippen molar-refractivity contribution in [2.75, 3.05) is 0 Å².